The van der Waals surface area contributed by atoms with E-state index in [4.69, 9.17) is 0 Å². The van der Waals surface area contributed by atoms with Crippen LogP contribution in [0.15, 0.2) is 11.1 Å². The maximum atomic E-state index is 4.58. The third kappa shape index (κ3) is 1.02. The van der Waals surface area contributed by atoms with Crippen LogP contribution in [0.4, 0.5) is 0 Å². The Bertz CT molecular complexity index is 498. The Kier molecular flexibility index (Phi) is 1.36. The average Bonchev–Trinajstić information content (AvgIpc) is 2.61. The number of aryl methyl sites for hydroxylation is 1. The number of rotatable bonds is 0. The van der Waals surface area contributed by atoms with Crippen molar-refractivity contribution in [1.82, 2.24) is 4.98 Å². The van der Waals surface area contributed by atoms with Crippen LogP contribution in [-0.2, 0) is 6.42 Å². The third-order valence-electron chi connectivity index (χ3n) is 2.59. The highest BCUT2D eigenvalue weighted by atomic mass is 14.8. The second-order valence-electron chi connectivity index (χ2n) is 3.50. The van der Waals surface area contributed by atoms with Gasteiger partial charge in [0.25, 0.3) is 0 Å². The predicted octanol–water partition coefficient (Wildman–Crippen LogP) is 0.369. The summed E-state index contributed by atoms with van der Waals surface area (Å²) in [4.78, 5) is 8.68. The Balaban J connectivity index is 2.37. The Morgan fingerprint density at radius 2 is 2.31 bits per heavy atom. The first-order chi connectivity index (χ1) is 6.43. The van der Waals surface area contributed by atoms with Gasteiger partial charge in [0.15, 0.2) is 0 Å². The van der Waals surface area contributed by atoms with E-state index in [0.29, 0.717) is 0 Å². The van der Waals surface area contributed by atoms with E-state index in [-0.39, 0.29) is 0 Å². The Morgan fingerprint density at radius 3 is 3.31 bits per heavy atom. The second kappa shape index (κ2) is 2.52. The maximum absolute atomic E-state index is 4.58. The molecule has 0 spiro atoms. The van der Waals surface area contributed by atoms with Crippen molar-refractivity contribution in [3.63, 3.8) is 0 Å². The van der Waals surface area contributed by atoms with Gasteiger partial charge in [0.1, 0.15) is 0 Å². The molecule has 2 heteroatoms. The Hall–Kier alpha value is -1.44. The molecular weight excluding hydrogens is 160 g/mol. The fraction of sp³-hybridized carbons (Fsp3) is 0.273. The van der Waals surface area contributed by atoms with Gasteiger partial charge in [-0.2, -0.15) is 0 Å². The quantitative estimate of drug-likeness (QED) is 0.552. The summed E-state index contributed by atoms with van der Waals surface area (Å²) in [6, 6.07) is 2.20. The third-order valence-corrected chi connectivity index (χ3v) is 2.59. The fourth-order valence-electron chi connectivity index (χ4n) is 1.90. The van der Waals surface area contributed by atoms with E-state index >= 15 is 0 Å². The minimum absolute atomic E-state index is 1.04. The average molecular weight is 170 g/mol. The topological polar surface area (TPSA) is 25.2 Å². The first kappa shape index (κ1) is 7.01. The lowest BCUT2D eigenvalue weighted by atomic mass is 10.0. The standard InChI is InChI=1S/C11H10N2/c1-2-4-10-8(3-1)5-9-6-12-7-11(9)13-10/h3,5-7H,1-2,4H2. The Morgan fingerprint density at radius 1 is 1.31 bits per heavy atom. The molecule has 0 fully saturated rings. The van der Waals surface area contributed by atoms with Crippen LogP contribution < -0.4 is 10.6 Å². The summed E-state index contributed by atoms with van der Waals surface area (Å²) in [5.74, 6) is 0. The van der Waals surface area contributed by atoms with E-state index in [2.05, 4.69) is 22.1 Å². The molecule has 0 bridgehead atoms. The monoisotopic (exact) mass is 170 g/mol. The van der Waals surface area contributed by atoms with Crippen LogP contribution in [0.5, 0.6) is 0 Å². The van der Waals surface area contributed by atoms with Crippen LogP contribution in [0, 0.1) is 0 Å². The summed E-state index contributed by atoms with van der Waals surface area (Å²) in [7, 11) is 0. The van der Waals surface area contributed by atoms with Crippen LogP contribution in [0.3, 0.4) is 0 Å². The number of pyridine rings is 1. The van der Waals surface area contributed by atoms with Crippen LogP contribution in [0.1, 0.15) is 24.1 Å². The molecule has 64 valence electrons. The molecule has 0 radical (unpaired) electrons. The number of aromatic nitrogens is 1. The predicted molar refractivity (Wildman–Crippen MR) is 52.9 cm³/mol. The molecule has 1 aliphatic carbocycles. The molecule has 13 heavy (non-hydrogen) atoms. The van der Waals surface area contributed by atoms with Crippen molar-refractivity contribution in [2.75, 3.05) is 0 Å². The normalized spacial score (nSPS) is 17.2. The molecule has 0 atom stereocenters. The van der Waals surface area contributed by atoms with Crippen LogP contribution >= 0.6 is 0 Å². The molecular formula is C11H10N2. The van der Waals surface area contributed by atoms with Gasteiger partial charge in [-0.15, -0.1) is 0 Å². The molecule has 0 amide bonds. The van der Waals surface area contributed by atoms with Gasteiger partial charge in [-0.05, 0) is 30.5 Å². The van der Waals surface area contributed by atoms with Gasteiger partial charge >= 0.3 is 0 Å². The van der Waals surface area contributed by atoms with E-state index in [9.17, 15) is 0 Å². The first-order valence-electron chi connectivity index (χ1n) is 4.67. The zero-order valence-corrected chi connectivity index (χ0v) is 7.33. The van der Waals surface area contributed by atoms with Crippen LogP contribution in [-0.4, -0.2) is 11.2 Å². The summed E-state index contributed by atoms with van der Waals surface area (Å²) < 4.78 is 0. The molecule has 0 saturated carbocycles. The summed E-state index contributed by atoms with van der Waals surface area (Å²) in [6.07, 6.45) is 9.54. The highest BCUT2D eigenvalue weighted by Crippen LogP contribution is 2.04. The van der Waals surface area contributed by atoms with Crippen molar-refractivity contribution >= 4 is 18.5 Å². The summed E-state index contributed by atoms with van der Waals surface area (Å²) in [5, 5.41) is 2.35. The molecule has 2 nitrogen and oxygen atoms in total. The van der Waals surface area contributed by atoms with Gasteiger partial charge in [-0.25, -0.2) is 0 Å². The smallest absolute Gasteiger partial charge is 0.0903 e. The van der Waals surface area contributed by atoms with Crippen LogP contribution in [0.25, 0.3) is 12.3 Å². The van der Waals surface area contributed by atoms with E-state index in [0.717, 1.165) is 17.3 Å². The lowest BCUT2D eigenvalue weighted by molar-refractivity contribution is 0.801. The van der Waals surface area contributed by atoms with Gasteiger partial charge in [0.05, 0.1) is 11.5 Å². The largest absolute Gasteiger partial charge is 0.262 e. The molecule has 0 aromatic carbocycles. The van der Waals surface area contributed by atoms with Gasteiger partial charge in [0, 0.05) is 17.5 Å². The maximum Gasteiger partial charge on any atom is 0.0903 e. The van der Waals surface area contributed by atoms with Crippen molar-refractivity contribution in [3.8, 4) is 0 Å². The van der Waals surface area contributed by atoms with Crippen molar-refractivity contribution < 1.29 is 0 Å². The summed E-state index contributed by atoms with van der Waals surface area (Å²) >= 11 is 0. The SMILES string of the molecule is C1=NC=c2nc3c(cc21)=CCCC3. The van der Waals surface area contributed by atoms with E-state index in [1.807, 2.05) is 12.4 Å². The molecule has 0 unspecified atom stereocenters. The first-order valence-corrected chi connectivity index (χ1v) is 4.67. The zero-order chi connectivity index (χ0) is 8.67. The molecule has 3 rings (SSSR count). The molecule has 2 heterocycles. The highest BCUT2D eigenvalue weighted by molar-refractivity contribution is 5.84. The van der Waals surface area contributed by atoms with E-state index in [1.54, 1.807) is 0 Å². The molecule has 0 saturated heterocycles. The van der Waals surface area contributed by atoms with Gasteiger partial charge in [0.2, 0.25) is 0 Å². The fourth-order valence-corrected chi connectivity index (χ4v) is 1.90. The van der Waals surface area contributed by atoms with Crippen molar-refractivity contribution in [3.05, 3.63) is 27.9 Å². The van der Waals surface area contributed by atoms with Crippen LogP contribution in [0.2, 0.25) is 0 Å². The molecule has 1 aromatic rings. The molecule has 0 N–H and O–H groups in total. The van der Waals surface area contributed by atoms with E-state index < -0.39 is 0 Å². The van der Waals surface area contributed by atoms with Gasteiger partial charge < -0.3 is 0 Å². The van der Waals surface area contributed by atoms with Gasteiger partial charge in [-0.3, -0.25) is 9.98 Å². The number of hydrogen-bond acceptors (Lipinski definition) is 2. The number of hydrogen-bond donors (Lipinski definition) is 0. The molecule has 1 aliphatic heterocycles. The summed E-state index contributed by atoms with van der Waals surface area (Å²) in [5.41, 5.74) is 2.41. The number of aliphatic imine (C=N–C) groups is 1. The lowest BCUT2D eigenvalue weighted by Gasteiger charge is -2.06. The van der Waals surface area contributed by atoms with Gasteiger partial charge in [-0.1, -0.05) is 6.08 Å². The van der Waals surface area contributed by atoms with Crippen molar-refractivity contribution in [2.45, 2.75) is 19.3 Å². The number of fused-ring (bicyclic) bond motifs is 2. The summed E-state index contributed by atoms with van der Waals surface area (Å²) in [6.45, 7) is 0. The highest BCUT2D eigenvalue weighted by Gasteiger charge is 2.06. The van der Waals surface area contributed by atoms with Crippen molar-refractivity contribution in [1.29, 1.82) is 0 Å². The zero-order valence-electron chi connectivity index (χ0n) is 7.33. The van der Waals surface area contributed by atoms with Crippen molar-refractivity contribution in [2.24, 2.45) is 4.99 Å². The Labute approximate surface area is 76.3 Å². The lowest BCUT2D eigenvalue weighted by Crippen LogP contribution is -2.24. The number of nitrogens with zero attached hydrogens (tertiary/aromatic N) is 2. The van der Waals surface area contributed by atoms with E-state index in [1.165, 1.54) is 23.8 Å². The molecule has 2 aliphatic rings. The minimum Gasteiger partial charge on any atom is -0.262 e. The minimum atomic E-state index is 1.04. The second-order valence-corrected chi connectivity index (χ2v) is 3.50. The molecule has 1 aromatic heterocycles.